The van der Waals surface area contributed by atoms with Gasteiger partial charge >= 0.3 is 0 Å². The van der Waals surface area contributed by atoms with Gasteiger partial charge in [-0.05, 0) is 18.1 Å². The molecule has 15 heavy (non-hydrogen) atoms. The zero-order valence-corrected chi connectivity index (χ0v) is 8.22. The molecule has 78 valence electrons. The van der Waals surface area contributed by atoms with Crippen molar-refractivity contribution in [1.29, 1.82) is 0 Å². The summed E-state index contributed by atoms with van der Waals surface area (Å²) < 4.78 is 15.0. The van der Waals surface area contributed by atoms with Gasteiger partial charge in [0.15, 0.2) is 5.65 Å². The number of pyridine rings is 1. The SMILES string of the molecule is CC(C=O)Cc1cc2nncn2cc1F. The number of halogens is 1. The smallest absolute Gasteiger partial charge is 0.161 e. The fraction of sp³-hybridized carbons (Fsp3) is 0.300. The minimum absolute atomic E-state index is 0.190. The molecule has 0 bridgehead atoms. The van der Waals surface area contributed by atoms with Gasteiger partial charge < -0.3 is 4.79 Å². The summed E-state index contributed by atoms with van der Waals surface area (Å²) in [5, 5.41) is 7.47. The van der Waals surface area contributed by atoms with Crippen LogP contribution in [0.25, 0.3) is 5.65 Å². The number of aldehydes is 1. The maximum Gasteiger partial charge on any atom is 0.161 e. The van der Waals surface area contributed by atoms with Crippen LogP contribution >= 0.6 is 0 Å². The molecule has 0 radical (unpaired) electrons. The van der Waals surface area contributed by atoms with Crippen LogP contribution in [-0.2, 0) is 11.2 Å². The second kappa shape index (κ2) is 3.76. The Kier molecular flexibility index (Phi) is 2.45. The Morgan fingerprint density at radius 1 is 1.67 bits per heavy atom. The van der Waals surface area contributed by atoms with E-state index in [0.29, 0.717) is 17.6 Å². The first kappa shape index (κ1) is 9.76. The van der Waals surface area contributed by atoms with Crippen molar-refractivity contribution in [3.8, 4) is 0 Å². The van der Waals surface area contributed by atoms with E-state index in [0.717, 1.165) is 6.29 Å². The zero-order valence-electron chi connectivity index (χ0n) is 8.22. The molecule has 2 aromatic heterocycles. The third-order valence-electron chi connectivity index (χ3n) is 2.24. The minimum Gasteiger partial charge on any atom is -0.303 e. The average Bonchev–Trinajstić information content (AvgIpc) is 2.65. The average molecular weight is 207 g/mol. The van der Waals surface area contributed by atoms with Gasteiger partial charge in [-0.3, -0.25) is 4.40 Å². The highest BCUT2D eigenvalue weighted by atomic mass is 19.1. The number of carbonyl (C=O) groups is 1. The number of hydrogen-bond donors (Lipinski definition) is 0. The summed E-state index contributed by atoms with van der Waals surface area (Å²) in [4.78, 5) is 10.5. The number of aromatic nitrogens is 3. The number of nitrogens with zero attached hydrogens (tertiary/aromatic N) is 3. The Morgan fingerprint density at radius 2 is 2.47 bits per heavy atom. The molecule has 0 spiro atoms. The van der Waals surface area contributed by atoms with Crippen molar-refractivity contribution in [2.75, 3.05) is 0 Å². The Bertz CT molecular complexity index is 494. The van der Waals surface area contributed by atoms with E-state index in [4.69, 9.17) is 0 Å². The Labute approximate surface area is 85.7 Å². The zero-order chi connectivity index (χ0) is 10.8. The third-order valence-corrected chi connectivity index (χ3v) is 2.24. The monoisotopic (exact) mass is 207 g/mol. The molecule has 0 amide bonds. The van der Waals surface area contributed by atoms with Crippen molar-refractivity contribution in [2.24, 2.45) is 5.92 Å². The quantitative estimate of drug-likeness (QED) is 0.711. The van der Waals surface area contributed by atoms with Crippen LogP contribution in [0.4, 0.5) is 4.39 Å². The van der Waals surface area contributed by atoms with Crippen LogP contribution in [0.5, 0.6) is 0 Å². The first-order valence-electron chi connectivity index (χ1n) is 4.64. The van der Waals surface area contributed by atoms with Crippen LogP contribution in [0.3, 0.4) is 0 Å². The molecule has 2 aromatic rings. The lowest BCUT2D eigenvalue weighted by Crippen LogP contribution is -2.04. The van der Waals surface area contributed by atoms with Gasteiger partial charge in [-0.25, -0.2) is 4.39 Å². The molecule has 1 atom stereocenters. The summed E-state index contributed by atoms with van der Waals surface area (Å²) in [6, 6.07) is 1.61. The van der Waals surface area contributed by atoms with Crippen molar-refractivity contribution >= 4 is 11.9 Å². The highest BCUT2D eigenvalue weighted by Crippen LogP contribution is 2.13. The van der Waals surface area contributed by atoms with Gasteiger partial charge in [0.2, 0.25) is 0 Å². The molecule has 0 aliphatic rings. The first-order chi connectivity index (χ1) is 7.20. The van der Waals surface area contributed by atoms with Gasteiger partial charge in [0.05, 0.1) is 0 Å². The lowest BCUT2D eigenvalue weighted by Gasteiger charge is -2.05. The Balaban J connectivity index is 2.41. The van der Waals surface area contributed by atoms with Crippen molar-refractivity contribution in [1.82, 2.24) is 14.6 Å². The van der Waals surface area contributed by atoms with Gasteiger partial charge in [0, 0.05) is 12.1 Å². The van der Waals surface area contributed by atoms with Crippen LogP contribution in [0.15, 0.2) is 18.6 Å². The highest BCUT2D eigenvalue weighted by molar-refractivity contribution is 5.54. The molecule has 5 heteroatoms. The third kappa shape index (κ3) is 1.86. The normalized spacial score (nSPS) is 12.9. The predicted molar refractivity (Wildman–Crippen MR) is 51.9 cm³/mol. The van der Waals surface area contributed by atoms with Crippen molar-refractivity contribution in [2.45, 2.75) is 13.3 Å². The molecular formula is C10H10FN3O. The van der Waals surface area contributed by atoms with Crippen LogP contribution in [0.1, 0.15) is 12.5 Å². The molecule has 0 saturated heterocycles. The maximum absolute atomic E-state index is 13.5. The second-order valence-electron chi connectivity index (χ2n) is 3.56. The lowest BCUT2D eigenvalue weighted by molar-refractivity contribution is -0.110. The summed E-state index contributed by atoms with van der Waals surface area (Å²) in [5.74, 6) is -0.527. The summed E-state index contributed by atoms with van der Waals surface area (Å²) in [7, 11) is 0. The van der Waals surface area contributed by atoms with E-state index >= 15 is 0 Å². The van der Waals surface area contributed by atoms with Gasteiger partial charge in [-0.2, -0.15) is 0 Å². The van der Waals surface area contributed by atoms with E-state index in [1.165, 1.54) is 16.9 Å². The molecule has 0 aliphatic carbocycles. The van der Waals surface area contributed by atoms with E-state index in [-0.39, 0.29) is 11.7 Å². The largest absolute Gasteiger partial charge is 0.303 e. The molecule has 2 heterocycles. The van der Waals surface area contributed by atoms with E-state index in [1.54, 1.807) is 13.0 Å². The molecule has 2 rings (SSSR count). The Hall–Kier alpha value is -1.78. The molecule has 0 fully saturated rings. The summed E-state index contributed by atoms with van der Waals surface area (Å²) in [6.07, 6.45) is 3.96. The molecule has 1 unspecified atom stereocenters. The van der Waals surface area contributed by atoms with Crippen LogP contribution in [0.2, 0.25) is 0 Å². The van der Waals surface area contributed by atoms with Gasteiger partial charge in [0.25, 0.3) is 0 Å². The van der Waals surface area contributed by atoms with Gasteiger partial charge in [0.1, 0.15) is 18.4 Å². The molecule has 0 aromatic carbocycles. The van der Waals surface area contributed by atoms with Crippen LogP contribution in [-0.4, -0.2) is 20.9 Å². The number of rotatable bonds is 3. The van der Waals surface area contributed by atoms with E-state index in [1.807, 2.05) is 0 Å². The number of carbonyl (C=O) groups excluding carboxylic acids is 1. The van der Waals surface area contributed by atoms with Gasteiger partial charge in [-0.15, -0.1) is 10.2 Å². The summed E-state index contributed by atoms with van der Waals surface area (Å²) in [5.41, 5.74) is 1.08. The standard InChI is InChI=1S/C10H10FN3O/c1-7(5-15)2-8-3-10-13-12-6-14(10)4-9(8)11/h3-7H,2H2,1H3. The second-order valence-corrected chi connectivity index (χ2v) is 3.56. The molecular weight excluding hydrogens is 197 g/mol. The van der Waals surface area contributed by atoms with Crippen molar-refractivity contribution < 1.29 is 9.18 Å². The van der Waals surface area contributed by atoms with Crippen molar-refractivity contribution in [3.63, 3.8) is 0 Å². The molecule has 0 N–H and O–H groups in total. The van der Waals surface area contributed by atoms with Gasteiger partial charge in [-0.1, -0.05) is 6.92 Å². The lowest BCUT2D eigenvalue weighted by atomic mass is 10.0. The van der Waals surface area contributed by atoms with Crippen LogP contribution < -0.4 is 0 Å². The number of fused-ring (bicyclic) bond motifs is 1. The fourth-order valence-electron chi connectivity index (χ4n) is 1.44. The van der Waals surface area contributed by atoms with Crippen molar-refractivity contribution in [3.05, 3.63) is 30.0 Å². The predicted octanol–water partition coefficient (Wildman–Crippen LogP) is 1.25. The summed E-state index contributed by atoms with van der Waals surface area (Å²) in [6.45, 7) is 1.75. The van der Waals surface area contributed by atoms with E-state index < -0.39 is 0 Å². The topological polar surface area (TPSA) is 47.3 Å². The first-order valence-corrected chi connectivity index (χ1v) is 4.64. The fourth-order valence-corrected chi connectivity index (χ4v) is 1.44. The van der Waals surface area contributed by atoms with Crippen LogP contribution in [0, 0.1) is 11.7 Å². The number of hydrogen-bond acceptors (Lipinski definition) is 3. The maximum atomic E-state index is 13.5. The minimum atomic E-state index is -0.337. The highest BCUT2D eigenvalue weighted by Gasteiger charge is 2.09. The summed E-state index contributed by atoms with van der Waals surface area (Å²) >= 11 is 0. The van der Waals surface area contributed by atoms with E-state index in [2.05, 4.69) is 10.2 Å². The molecule has 4 nitrogen and oxygen atoms in total. The molecule has 0 saturated carbocycles. The Morgan fingerprint density at radius 3 is 3.20 bits per heavy atom. The molecule has 0 aliphatic heterocycles. The van der Waals surface area contributed by atoms with E-state index in [9.17, 15) is 9.18 Å².